The molecule has 1 aliphatic rings. The average molecular weight is 429 g/mol. The van der Waals surface area contributed by atoms with Gasteiger partial charge >= 0.3 is 0 Å². The molecule has 7 nitrogen and oxygen atoms in total. The van der Waals surface area contributed by atoms with Crippen LogP contribution in [0.5, 0.6) is 0 Å². The molecule has 0 unspecified atom stereocenters. The third-order valence-corrected chi connectivity index (χ3v) is 6.43. The zero-order valence-electron chi connectivity index (χ0n) is 15.6. The van der Waals surface area contributed by atoms with E-state index in [1.165, 1.54) is 6.07 Å². The Bertz CT molecular complexity index is 995. The van der Waals surface area contributed by atoms with Crippen molar-refractivity contribution in [3.8, 4) is 11.3 Å². The van der Waals surface area contributed by atoms with Crippen molar-refractivity contribution >= 4 is 34.4 Å². The summed E-state index contributed by atoms with van der Waals surface area (Å²) in [6.07, 6.45) is 3.55. The van der Waals surface area contributed by atoms with Gasteiger partial charge in [-0.05, 0) is 43.3 Å². The van der Waals surface area contributed by atoms with E-state index in [0.717, 1.165) is 41.8 Å². The number of para-hydroxylation sites is 1. The van der Waals surface area contributed by atoms with Crippen molar-refractivity contribution in [2.45, 2.75) is 25.3 Å². The molecule has 1 saturated heterocycles. The van der Waals surface area contributed by atoms with Crippen molar-refractivity contribution in [3.05, 3.63) is 68.9 Å². The molecule has 1 aliphatic heterocycles. The van der Waals surface area contributed by atoms with E-state index in [4.69, 9.17) is 21.6 Å². The molecule has 2 aromatic heterocycles. The number of piperidine rings is 1. The van der Waals surface area contributed by atoms with Gasteiger partial charge in [-0.1, -0.05) is 12.1 Å². The Kier molecular flexibility index (Phi) is 5.86. The maximum atomic E-state index is 11.3. The lowest BCUT2D eigenvalue weighted by Crippen LogP contribution is -2.43. The van der Waals surface area contributed by atoms with Crippen LogP contribution in [0, 0.1) is 10.1 Å². The van der Waals surface area contributed by atoms with E-state index >= 15 is 0 Å². The van der Waals surface area contributed by atoms with Crippen LogP contribution in [-0.2, 0) is 6.54 Å². The highest BCUT2D eigenvalue weighted by Gasteiger charge is 2.25. The summed E-state index contributed by atoms with van der Waals surface area (Å²) in [6, 6.07) is 10.5. The number of nitrogens with zero attached hydrogens (tertiary/aromatic N) is 3. The van der Waals surface area contributed by atoms with Crippen molar-refractivity contribution in [1.29, 1.82) is 0 Å². The van der Waals surface area contributed by atoms with Gasteiger partial charge in [0.25, 0.3) is 5.69 Å². The maximum absolute atomic E-state index is 11.3. The van der Waals surface area contributed by atoms with Gasteiger partial charge in [0, 0.05) is 30.5 Å². The Hall–Kier alpha value is -2.78. The van der Waals surface area contributed by atoms with Crippen LogP contribution in [0.1, 0.15) is 29.5 Å². The predicted octanol–water partition coefficient (Wildman–Crippen LogP) is 4.57. The van der Waals surface area contributed by atoms with Crippen LogP contribution >= 0.6 is 23.6 Å². The molecule has 1 aromatic carbocycles. The highest BCUT2D eigenvalue weighted by Crippen LogP contribution is 2.35. The Labute approximate surface area is 177 Å². The molecule has 0 atom stereocenters. The third-order valence-electron chi connectivity index (χ3n) is 5.02. The topological polar surface area (TPSA) is 84.4 Å². The first-order chi connectivity index (χ1) is 14.1. The largest absolute Gasteiger partial charge is 0.467 e. The predicted molar refractivity (Wildman–Crippen MR) is 116 cm³/mol. The lowest BCUT2D eigenvalue weighted by molar-refractivity contribution is -0.384. The van der Waals surface area contributed by atoms with Crippen LogP contribution in [0.3, 0.4) is 0 Å². The quantitative estimate of drug-likeness (QED) is 0.362. The summed E-state index contributed by atoms with van der Waals surface area (Å²) in [6.45, 7) is 2.29. The summed E-state index contributed by atoms with van der Waals surface area (Å²) in [5.74, 6) is 1.20. The van der Waals surface area contributed by atoms with E-state index < -0.39 is 0 Å². The molecule has 0 bridgehead atoms. The molecule has 29 heavy (non-hydrogen) atoms. The van der Waals surface area contributed by atoms with Crippen LogP contribution in [0.2, 0.25) is 0 Å². The van der Waals surface area contributed by atoms with E-state index in [9.17, 15) is 10.1 Å². The summed E-state index contributed by atoms with van der Waals surface area (Å²) in [7, 11) is 0. The van der Waals surface area contributed by atoms with Gasteiger partial charge in [0.05, 0.1) is 34.0 Å². The molecule has 150 valence electrons. The van der Waals surface area contributed by atoms with Gasteiger partial charge in [0.2, 0.25) is 0 Å². The molecule has 1 fully saturated rings. The number of hydrogen-bond acceptors (Lipinski definition) is 6. The first kappa shape index (κ1) is 19.5. The average Bonchev–Trinajstić information content (AvgIpc) is 3.44. The van der Waals surface area contributed by atoms with Crippen LogP contribution in [-0.4, -0.2) is 33.0 Å². The van der Waals surface area contributed by atoms with Gasteiger partial charge in [0.1, 0.15) is 5.76 Å². The van der Waals surface area contributed by atoms with Gasteiger partial charge in [-0.3, -0.25) is 10.1 Å². The second-order valence-electron chi connectivity index (χ2n) is 6.84. The minimum Gasteiger partial charge on any atom is -0.467 e. The van der Waals surface area contributed by atoms with Gasteiger partial charge in [-0.25, -0.2) is 4.98 Å². The molecule has 0 spiro atoms. The van der Waals surface area contributed by atoms with Crippen molar-refractivity contribution in [3.63, 3.8) is 0 Å². The molecule has 3 aromatic rings. The summed E-state index contributed by atoms with van der Waals surface area (Å²) >= 11 is 7.08. The van der Waals surface area contributed by atoms with Gasteiger partial charge in [0.15, 0.2) is 5.11 Å². The summed E-state index contributed by atoms with van der Waals surface area (Å²) in [5.41, 5.74) is 1.34. The van der Waals surface area contributed by atoms with E-state index in [-0.39, 0.29) is 10.6 Å². The standard InChI is InChI=1S/C20H20N4O3S2/c25-24(26)18-6-2-1-5-16(18)17-13-29-19(22-17)14-7-9-23(10-8-14)20(28)21-12-15-4-3-11-27-15/h1-6,11,13-14H,7-10,12H2,(H,21,28). The van der Waals surface area contributed by atoms with Crippen molar-refractivity contribution < 1.29 is 9.34 Å². The van der Waals surface area contributed by atoms with Crippen molar-refractivity contribution in [1.82, 2.24) is 15.2 Å². The second-order valence-corrected chi connectivity index (χ2v) is 8.12. The number of thiazole rings is 1. The number of nitro groups is 1. The lowest BCUT2D eigenvalue weighted by Gasteiger charge is -2.33. The minimum absolute atomic E-state index is 0.0900. The van der Waals surface area contributed by atoms with Gasteiger partial charge in [-0.2, -0.15) is 0 Å². The number of aromatic nitrogens is 1. The molecule has 4 rings (SSSR count). The van der Waals surface area contributed by atoms with Gasteiger partial charge in [-0.15, -0.1) is 11.3 Å². The highest BCUT2D eigenvalue weighted by atomic mass is 32.1. The number of benzene rings is 1. The maximum Gasteiger partial charge on any atom is 0.278 e. The third kappa shape index (κ3) is 4.46. The van der Waals surface area contributed by atoms with Crippen molar-refractivity contribution in [2.24, 2.45) is 0 Å². The fraction of sp³-hybridized carbons (Fsp3) is 0.300. The lowest BCUT2D eigenvalue weighted by atomic mass is 9.98. The number of nitrogens with one attached hydrogen (secondary N) is 1. The Morgan fingerprint density at radius 3 is 2.83 bits per heavy atom. The molecule has 0 amide bonds. The number of likely N-dealkylation sites (tertiary alicyclic amines) is 1. The summed E-state index contributed by atoms with van der Waals surface area (Å²) in [4.78, 5) is 17.8. The summed E-state index contributed by atoms with van der Waals surface area (Å²) < 4.78 is 5.32. The van der Waals surface area contributed by atoms with Crippen LogP contribution in [0.4, 0.5) is 5.69 Å². The van der Waals surface area contributed by atoms with Crippen molar-refractivity contribution in [2.75, 3.05) is 13.1 Å². The molecule has 9 heteroatoms. The molecule has 0 saturated carbocycles. The zero-order valence-corrected chi connectivity index (χ0v) is 17.2. The normalized spacial score (nSPS) is 14.7. The number of furan rings is 1. The van der Waals surface area contributed by atoms with E-state index in [1.54, 1.807) is 35.8 Å². The molecule has 0 radical (unpaired) electrons. The molecular weight excluding hydrogens is 408 g/mol. The monoisotopic (exact) mass is 428 g/mol. The SMILES string of the molecule is O=[N+]([O-])c1ccccc1-c1csc(C2CCN(C(=S)NCc3ccco3)CC2)n1. The first-order valence-corrected chi connectivity index (χ1v) is 10.6. The number of rotatable bonds is 5. The number of nitro benzene ring substituents is 1. The molecular formula is C20H20N4O3S2. The Morgan fingerprint density at radius 1 is 1.31 bits per heavy atom. The highest BCUT2D eigenvalue weighted by molar-refractivity contribution is 7.80. The van der Waals surface area contributed by atoms with Crippen LogP contribution in [0.15, 0.2) is 52.5 Å². The smallest absolute Gasteiger partial charge is 0.278 e. The minimum atomic E-state index is -0.358. The van der Waals surface area contributed by atoms with Crippen LogP contribution < -0.4 is 5.32 Å². The van der Waals surface area contributed by atoms with E-state index in [2.05, 4.69) is 10.2 Å². The zero-order chi connectivity index (χ0) is 20.2. The van der Waals surface area contributed by atoms with E-state index in [1.807, 2.05) is 17.5 Å². The van der Waals surface area contributed by atoms with Crippen LogP contribution in [0.25, 0.3) is 11.3 Å². The fourth-order valence-electron chi connectivity index (χ4n) is 3.47. The fourth-order valence-corrected chi connectivity index (χ4v) is 4.71. The van der Waals surface area contributed by atoms with Gasteiger partial charge < -0.3 is 14.6 Å². The summed E-state index contributed by atoms with van der Waals surface area (Å²) in [5, 5.41) is 18.2. The first-order valence-electron chi connectivity index (χ1n) is 9.36. The molecule has 1 N–H and O–H groups in total. The van der Waals surface area contributed by atoms with E-state index in [0.29, 0.717) is 23.7 Å². The Morgan fingerprint density at radius 2 is 2.10 bits per heavy atom. The molecule has 3 heterocycles. The Balaban J connectivity index is 1.36. The molecule has 0 aliphatic carbocycles. The number of hydrogen-bond donors (Lipinski definition) is 1. The second kappa shape index (κ2) is 8.71. The number of thiocarbonyl (C=S) groups is 1.